The Balaban J connectivity index is 1.40. The number of nitro groups is 1. The average molecular weight is 442 g/mol. The van der Waals surface area contributed by atoms with Gasteiger partial charge in [-0.2, -0.15) is 0 Å². The molecule has 2 amide bonds. The molecule has 2 aromatic rings. The second kappa shape index (κ2) is 10.9. The zero-order valence-corrected chi connectivity index (χ0v) is 17.1. The van der Waals surface area contributed by atoms with Crippen LogP contribution in [0.1, 0.15) is 10.4 Å². The number of morpholine rings is 1. The standard InChI is InChI=1S/C21H22N4O7/c26-19(23-16-4-6-17(7-5-16)24-8-10-31-11-9-24)14-32-20(27)13-22-21(28)15-2-1-3-18(12-15)25(29)30/h1-7,12H,8-11,13-14H2,(H,22,28)(H,23,26). The van der Waals surface area contributed by atoms with E-state index in [-0.39, 0.29) is 11.3 Å². The molecule has 0 atom stereocenters. The first kappa shape index (κ1) is 22.7. The number of anilines is 2. The Bertz CT molecular complexity index is 988. The molecule has 1 aliphatic heterocycles. The van der Waals surface area contributed by atoms with Gasteiger partial charge in [0.15, 0.2) is 6.61 Å². The summed E-state index contributed by atoms with van der Waals surface area (Å²) in [5.41, 5.74) is 1.37. The van der Waals surface area contributed by atoms with Gasteiger partial charge in [0.05, 0.1) is 18.1 Å². The van der Waals surface area contributed by atoms with Gasteiger partial charge in [-0.3, -0.25) is 24.5 Å². The molecule has 0 spiro atoms. The normalized spacial score (nSPS) is 13.2. The third-order valence-electron chi connectivity index (χ3n) is 4.60. The van der Waals surface area contributed by atoms with Gasteiger partial charge < -0.3 is 25.0 Å². The molecule has 0 radical (unpaired) electrons. The van der Waals surface area contributed by atoms with Crippen LogP contribution in [0.15, 0.2) is 48.5 Å². The Morgan fingerprint density at radius 3 is 2.50 bits per heavy atom. The number of nitrogens with one attached hydrogen (secondary N) is 2. The van der Waals surface area contributed by atoms with Gasteiger partial charge in [-0.15, -0.1) is 0 Å². The van der Waals surface area contributed by atoms with E-state index in [1.165, 1.54) is 18.2 Å². The fourth-order valence-electron chi connectivity index (χ4n) is 2.99. The molecule has 0 aromatic heterocycles. The molecule has 0 saturated carbocycles. The molecule has 0 unspecified atom stereocenters. The Hall–Kier alpha value is -3.99. The van der Waals surface area contributed by atoms with Gasteiger partial charge in [-0.1, -0.05) is 6.07 Å². The van der Waals surface area contributed by atoms with Crippen LogP contribution in [0.2, 0.25) is 0 Å². The Morgan fingerprint density at radius 2 is 1.81 bits per heavy atom. The second-order valence-corrected chi connectivity index (χ2v) is 6.85. The fraction of sp³-hybridized carbons (Fsp3) is 0.286. The van der Waals surface area contributed by atoms with E-state index >= 15 is 0 Å². The molecule has 3 rings (SSSR count). The van der Waals surface area contributed by atoms with Crippen LogP contribution < -0.4 is 15.5 Å². The molecule has 32 heavy (non-hydrogen) atoms. The molecule has 1 aliphatic rings. The van der Waals surface area contributed by atoms with E-state index in [2.05, 4.69) is 15.5 Å². The van der Waals surface area contributed by atoms with Gasteiger partial charge >= 0.3 is 5.97 Å². The number of carbonyl (C=O) groups is 3. The first-order chi connectivity index (χ1) is 15.4. The quantitative estimate of drug-likeness (QED) is 0.355. The van der Waals surface area contributed by atoms with E-state index in [0.29, 0.717) is 18.9 Å². The van der Waals surface area contributed by atoms with E-state index in [4.69, 9.17) is 9.47 Å². The number of benzene rings is 2. The van der Waals surface area contributed by atoms with Crippen molar-refractivity contribution >= 4 is 34.8 Å². The predicted molar refractivity (Wildman–Crippen MR) is 114 cm³/mol. The second-order valence-electron chi connectivity index (χ2n) is 6.85. The molecule has 1 heterocycles. The summed E-state index contributed by atoms with van der Waals surface area (Å²) in [7, 11) is 0. The Kier molecular flexibility index (Phi) is 7.70. The number of non-ortho nitro benzene ring substituents is 1. The van der Waals surface area contributed by atoms with Crippen LogP contribution in [-0.4, -0.2) is 62.2 Å². The minimum atomic E-state index is -0.818. The number of carbonyl (C=O) groups excluding carboxylic acids is 3. The topological polar surface area (TPSA) is 140 Å². The largest absolute Gasteiger partial charge is 0.454 e. The Labute approximate surface area is 183 Å². The summed E-state index contributed by atoms with van der Waals surface area (Å²) >= 11 is 0. The lowest BCUT2D eigenvalue weighted by atomic mass is 10.2. The average Bonchev–Trinajstić information content (AvgIpc) is 2.82. The van der Waals surface area contributed by atoms with Crippen molar-refractivity contribution in [1.82, 2.24) is 5.32 Å². The zero-order chi connectivity index (χ0) is 22.9. The van der Waals surface area contributed by atoms with Crippen LogP contribution in [0.25, 0.3) is 0 Å². The third kappa shape index (κ3) is 6.51. The smallest absolute Gasteiger partial charge is 0.325 e. The minimum Gasteiger partial charge on any atom is -0.454 e. The summed E-state index contributed by atoms with van der Waals surface area (Å²) < 4.78 is 10.2. The molecule has 0 aliphatic carbocycles. The number of esters is 1. The zero-order valence-electron chi connectivity index (χ0n) is 17.1. The van der Waals surface area contributed by atoms with E-state index in [1.54, 1.807) is 12.1 Å². The first-order valence-electron chi connectivity index (χ1n) is 9.83. The molecule has 11 nitrogen and oxygen atoms in total. The van der Waals surface area contributed by atoms with Crippen molar-refractivity contribution < 1.29 is 28.8 Å². The molecule has 168 valence electrons. The van der Waals surface area contributed by atoms with Crippen molar-refractivity contribution in [3.8, 4) is 0 Å². The van der Waals surface area contributed by atoms with Gasteiger partial charge in [-0.25, -0.2) is 0 Å². The molecular weight excluding hydrogens is 420 g/mol. The van der Waals surface area contributed by atoms with E-state index < -0.39 is 35.9 Å². The first-order valence-corrected chi connectivity index (χ1v) is 9.83. The van der Waals surface area contributed by atoms with Crippen molar-refractivity contribution in [1.29, 1.82) is 0 Å². The van der Waals surface area contributed by atoms with Gasteiger partial charge in [0.25, 0.3) is 17.5 Å². The number of amides is 2. The number of ether oxygens (including phenoxy) is 2. The highest BCUT2D eigenvalue weighted by Crippen LogP contribution is 2.19. The maximum Gasteiger partial charge on any atom is 0.325 e. The van der Waals surface area contributed by atoms with Crippen molar-refractivity contribution in [2.75, 3.05) is 49.7 Å². The lowest BCUT2D eigenvalue weighted by Crippen LogP contribution is -2.36. The summed E-state index contributed by atoms with van der Waals surface area (Å²) in [4.78, 5) is 48.1. The van der Waals surface area contributed by atoms with Crippen LogP contribution in [0.3, 0.4) is 0 Å². The highest BCUT2D eigenvalue weighted by molar-refractivity contribution is 5.97. The van der Waals surface area contributed by atoms with Crippen molar-refractivity contribution in [2.24, 2.45) is 0 Å². The van der Waals surface area contributed by atoms with Crippen LogP contribution in [0, 0.1) is 10.1 Å². The van der Waals surface area contributed by atoms with Crippen LogP contribution in [-0.2, 0) is 19.1 Å². The third-order valence-corrected chi connectivity index (χ3v) is 4.60. The number of nitro benzene ring substituents is 1. The van der Waals surface area contributed by atoms with Gasteiger partial charge in [0.2, 0.25) is 0 Å². The van der Waals surface area contributed by atoms with E-state index in [0.717, 1.165) is 24.8 Å². The fourth-order valence-corrected chi connectivity index (χ4v) is 2.99. The number of hydrogen-bond acceptors (Lipinski definition) is 8. The summed E-state index contributed by atoms with van der Waals surface area (Å²) in [5, 5.41) is 15.7. The summed E-state index contributed by atoms with van der Waals surface area (Å²) in [5.74, 6) is -2.01. The monoisotopic (exact) mass is 442 g/mol. The lowest BCUT2D eigenvalue weighted by molar-refractivity contribution is -0.384. The molecule has 2 N–H and O–H groups in total. The summed E-state index contributed by atoms with van der Waals surface area (Å²) in [6, 6.07) is 12.4. The SMILES string of the molecule is O=C(COC(=O)CNC(=O)c1cccc([N+](=O)[O-])c1)Nc1ccc(N2CCOCC2)cc1. The number of rotatable bonds is 8. The van der Waals surface area contributed by atoms with Gasteiger partial charge in [0, 0.05) is 42.2 Å². The van der Waals surface area contributed by atoms with Crippen LogP contribution in [0.4, 0.5) is 17.1 Å². The summed E-state index contributed by atoms with van der Waals surface area (Å²) in [6.45, 7) is 1.96. The molecule has 0 bridgehead atoms. The van der Waals surface area contributed by atoms with Gasteiger partial charge in [-0.05, 0) is 30.3 Å². The van der Waals surface area contributed by atoms with Crippen molar-refractivity contribution in [2.45, 2.75) is 0 Å². The molecule has 11 heteroatoms. The molecule has 2 aromatic carbocycles. The van der Waals surface area contributed by atoms with Gasteiger partial charge in [0.1, 0.15) is 6.54 Å². The highest BCUT2D eigenvalue weighted by Gasteiger charge is 2.14. The highest BCUT2D eigenvalue weighted by atomic mass is 16.6. The molecule has 1 saturated heterocycles. The maximum absolute atomic E-state index is 12.0. The van der Waals surface area contributed by atoms with E-state index in [9.17, 15) is 24.5 Å². The van der Waals surface area contributed by atoms with Crippen LogP contribution >= 0.6 is 0 Å². The van der Waals surface area contributed by atoms with Crippen molar-refractivity contribution in [3.63, 3.8) is 0 Å². The van der Waals surface area contributed by atoms with Crippen molar-refractivity contribution in [3.05, 3.63) is 64.2 Å². The maximum atomic E-state index is 12.0. The minimum absolute atomic E-state index is 0.0327. The number of hydrogen-bond donors (Lipinski definition) is 2. The Morgan fingerprint density at radius 1 is 1.09 bits per heavy atom. The number of nitrogens with zero attached hydrogens (tertiary/aromatic N) is 2. The summed E-state index contributed by atoms with van der Waals surface area (Å²) in [6.07, 6.45) is 0. The predicted octanol–water partition coefficient (Wildman–Crippen LogP) is 1.34. The van der Waals surface area contributed by atoms with Crippen LogP contribution in [0.5, 0.6) is 0 Å². The molecular formula is C21H22N4O7. The van der Waals surface area contributed by atoms with E-state index in [1.807, 2.05) is 12.1 Å². The molecule has 1 fully saturated rings. The lowest BCUT2D eigenvalue weighted by Gasteiger charge is -2.28.